The molecule has 224 valence electrons. The van der Waals surface area contributed by atoms with Crippen LogP contribution in [-0.4, -0.2) is 9.55 Å². The fourth-order valence-corrected chi connectivity index (χ4v) is 5.60. The number of benzene rings is 4. The predicted octanol–water partition coefficient (Wildman–Crippen LogP) is 9.40. The molecule has 0 N–H and O–H groups in total. The molecule has 0 atom stereocenters. The second kappa shape index (κ2) is 11.6. The van der Waals surface area contributed by atoms with Crippen molar-refractivity contribution in [2.75, 3.05) is 9.80 Å². The van der Waals surface area contributed by atoms with Gasteiger partial charge in [0.2, 0.25) is 0 Å². The molecule has 0 bridgehead atoms. The molecule has 44 heavy (non-hydrogen) atoms. The minimum atomic E-state index is 0. The minimum absolute atomic E-state index is 0. The van der Waals surface area contributed by atoms with Crippen molar-refractivity contribution < 1.29 is 25.8 Å². The van der Waals surface area contributed by atoms with Crippen molar-refractivity contribution in [2.45, 2.75) is 40.0 Å². The summed E-state index contributed by atoms with van der Waals surface area (Å²) in [4.78, 5) is 8.96. The van der Waals surface area contributed by atoms with Gasteiger partial charge in [0, 0.05) is 50.0 Å². The van der Waals surface area contributed by atoms with Crippen molar-refractivity contribution in [1.29, 1.82) is 0 Å². The van der Waals surface area contributed by atoms with Gasteiger partial charge in [-0.05, 0) is 78.0 Å². The molecule has 0 aliphatic carbocycles. The van der Waals surface area contributed by atoms with Gasteiger partial charge in [-0.25, -0.2) is 4.98 Å². The number of aryl methyl sites for hydroxylation is 1. The van der Waals surface area contributed by atoms with Crippen LogP contribution < -0.4 is 14.5 Å². The van der Waals surface area contributed by atoms with E-state index in [-0.39, 0.29) is 26.5 Å². The smallest absolute Gasteiger partial charge is 0.135 e. The standard InChI is InChI=1S/C38H33N4O.Pt/c1-26-10-8-15-34(27(26)2)41-21-20-40(25-41)29-11-9-12-30(23-29)43-31-16-17-33-32-13-6-7-14-35(32)42(36(33)24-31)37-22-28(18-19-39-37)38(3,4)5;/h6-22,25H,1-5H3;/q-3;. The number of hydrogen-bond acceptors (Lipinski definition) is 4. The molecule has 7 rings (SSSR count). The van der Waals surface area contributed by atoms with Crippen molar-refractivity contribution in [2.24, 2.45) is 0 Å². The summed E-state index contributed by atoms with van der Waals surface area (Å²) < 4.78 is 8.55. The molecule has 0 spiro atoms. The zero-order chi connectivity index (χ0) is 29.7. The van der Waals surface area contributed by atoms with E-state index in [2.05, 4.69) is 130 Å². The number of para-hydroxylation sites is 1. The normalized spacial score (nSPS) is 13.1. The molecule has 0 saturated carbocycles. The van der Waals surface area contributed by atoms with Crippen LogP contribution in [0, 0.1) is 32.6 Å². The number of hydrogen-bond donors (Lipinski definition) is 0. The Kier molecular flexibility index (Phi) is 7.85. The topological polar surface area (TPSA) is 33.5 Å². The van der Waals surface area contributed by atoms with Crippen LogP contribution in [0.1, 0.15) is 37.5 Å². The predicted molar refractivity (Wildman–Crippen MR) is 176 cm³/mol. The summed E-state index contributed by atoms with van der Waals surface area (Å²) >= 11 is 0. The van der Waals surface area contributed by atoms with Crippen molar-refractivity contribution in [1.82, 2.24) is 9.55 Å². The zero-order valence-corrected chi connectivity index (χ0v) is 27.7. The first kappa shape index (κ1) is 29.7. The van der Waals surface area contributed by atoms with Gasteiger partial charge in [-0.3, -0.25) is 0 Å². The number of rotatable bonds is 5. The molecule has 0 fully saturated rings. The van der Waals surface area contributed by atoms with Crippen LogP contribution in [0.5, 0.6) is 11.5 Å². The largest absolute Gasteiger partial charge is 0.509 e. The average Bonchev–Trinajstić information content (AvgIpc) is 3.62. The molecule has 4 aromatic carbocycles. The van der Waals surface area contributed by atoms with Gasteiger partial charge in [0.1, 0.15) is 5.82 Å². The first-order valence-electron chi connectivity index (χ1n) is 14.5. The zero-order valence-electron chi connectivity index (χ0n) is 25.4. The van der Waals surface area contributed by atoms with E-state index in [9.17, 15) is 0 Å². The second-order valence-corrected chi connectivity index (χ2v) is 12.0. The molecule has 0 amide bonds. The van der Waals surface area contributed by atoms with Crippen LogP contribution in [-0.2, 0) is 26.5 Å². The van der Waals surface area contributed by atoms with Crippen molar-refractivity contribution in [3.63, 3.8) is 0 Å². The summed E-state index contributed by atoms with van der Waals surface area (Å²) in [6, 6.07) is 36.1. The Hall–Kier alpha value is -4.34. The van der Waals surface area contributed by atoms with Crippen LogP contribution >= 0.6 is 0 Å². The summed E-state index contributed by atoms with van der Waals surface area (Å²) in [5.74, 6) is 2.11. The van der Waals surface area contributed by atoms with Crippen LogP contribution in [0.3, 0.4) is 0 Å². The Morgan fingerprint density at radius 1 is 0.773 bits per heavy atom. The van der Waals surface area contributed by atoms with Crippen LogP contribution in [0.2, 0.25) is 0 Å². The Morgan fingerprint density at radius 3 is 2.39 bits per heavy atom. The number of pyridine rings is 1. The maximum atomic E-state index is 6.37. The molecule has 6 heteroatoms. The molecule has 0 saturated heterocycles. The first-order valence-corrected chi connectivity index (χ1v) is 14.5. The minimum Gasteiger partial charge on any atom is -0.509 e. The molecule has 1 aliphatic rings. The van der Waals surface area contributed by atoms with E-state index < -0.39 is 0 Å². The van der Waals surface area contributed by atoms with Gasteiger partial charge >= 0.3 is 0 Å². The Labute approximate surface area is 273 Å². The molecular formula is C38H33N4OPt-3. The van der Waals surface area contributed by atoms with E-state index in [4.69, 9.17) is 9.72 Å². The van der Waals surface area contributed by atoms with E-state index >= 15 is 0 Å². The third kappa shape index (κ3) is 5.42. The molecule has 0 radical (unpaired) electrons. The maximum Gasteiger partial charge on any atom is 0.135 e. The monoisotopic (exact) mass is 756 g/mol. The summed E-state index contributed by atoms with van der Waals surface area (Å²) in [6.45, 7) is 13.0. The Balaban J connectivity index is 0.00000343. The van der Waals surface area contributed by atoms with Crippen LogP contribution in [0.15, 0.2) is 104 Å². The first-order chi connectivity index (χ1) is 20.8. The number of aromatic nitrogens is 2. The van der Waals surface area contributed by atoms with Gasteiger partial charge < -0.3 is 19.1 Å². The van der Waals surface area contributed by atoms with Gasteiger partial charge in [-0.1, -0.05) is 56.6 Å². The van der Waals surface area contributed by atoms with E-state index in [1.54, 1.807) is 0 Å². The van der Waals surface area contributed by atoms with E-state index in [1.807, 2.05) is 41.6 Å². The van der Waals surface area contributed by atoms with Crippen LogP contribution in [0.4, 0.5) is 11.4 Å². The Morgan fingerprint density at radius 2 is 1.55 bits per heavy atom. The van der Waals surface area contributed by atoms with Crippen molar-refractivity contribution in [3.8, 4) is 17.3 Å². The number of nitrogens with zero attached hydrogens (tertiary/aromatic N) is 4. The summed E-state index contributed by atoms with van der Waals surface area (Å²) in [7, 11) is 0. The van der Waals surface area contributed by atoms with Crippen molar-refractivity contribution >= 4 is 33.2 Å². The third-order valence-electron chi connectivity index (χ3n) is 8.14. The fourth-order valence-electron chi connectivity index (χ4n) is 5.60. The molecule has 5 nitrogen and oxygen atoms in total. The van der Waals surface area contributed by atoms with Gasteiger partial charge in [0.15, 0.2) is 0 Å². The van der Waals surface area contributed by atoms with Gasteiger partial charge in [0.25, 0.3) is 0 Å². The molecule has 0 unspecified atom stereocenters. The summed E-state index contributed by atoms with van der Waals surface area (Å²) in [5, 5.41) is 2.26. The maximum absolute atomic E-state index is 6.37. The fraction of sp³-hybridized carbons (Fsp3) is 0.158. The van der Waals surface area contributed by atoms with Crippen molar-refractivity contribution in [3.05, 3.63) is 139 Å². The van der Waals surface area contributed by atoms with E-state index in [1.165, 1.54) is 16.7 Å². The number of ether oxygens (including phenoxy) is 1. The summed E-state index contributed by atoms with van der Waals surface area (Å²) in [6.07, 6.45) is 5.99. The van der Waals surface area contributed by atoms with E-state index in [0.29, 0.717) is 11.5 Å². The molecule has 2 aromatic heterocycles. The Bertz CT molecular complexity index is 2020. The van der Waals surface area contributed by atoms with Gasteiger partial charge in [0.05, 0.1) is 0 Å². The molecule has 1 aliphatic heterocycles. The number of fused-ring (bicyclic) bond motifs is 3. The molecule has 6 aromatic rings. The molecular weight excluding hydrogens is 724 g/mol. The molecule has 3 heterocycles. The third-order valence-corrected chi connectivity index (χ3v) is 8.14. The average molecular weight is 757 g/mol. The quantitative estimate of drug-likeness (QED) is 0.164. The summed E-state index contributed by atoms with van der Waals surface area (Å²) in [5.41, 5.74) is 7.82. The van der Waals surface area contributed by atoms with E-state index in [0.717, 1.165) is 39.0 Å². The second-order valence-electron chi connectivity index (χ2n) is 12.0. The van der Waals surface area contributed by atoms with Gasteiger partial charge in [-0.2, -0.15) is 12.1 Å². The van der Waals surface area contributed by atoms with Crippen LogP contribution in [0.25, 0.3) is 27.6 Å². The van der Waals surface area contributed by atoms with Gasteiger partial charge in [-0.15, -0.1) is 48.1 Å². The number of anilines is 2. The SMILES string of the molecule is Cc1cccc(N2C=CN(c3[c-]c(Oc4[c-]c5c(cc4)c4ccccc4n5-c4cc(C(C)(C)C)ccn4)ccc3)[CH-]2)c1C.[Pt].